The van der Waals surface area contributed by atoms with Gasteiger partial charge in [0, 0.05) is 34.2 Å². The fourth-order valence-corrected chi connectivity index (χ4v) is 4.06. The number of aryl methyl sites for hydroxylation is 1. The van der Waals surface area contributed by atoms with Crippen LogP contribution in [0.5, 0.6) is 0 Å². The van der Waals surface area contributed by atoms with Crippen LogP contribution in [0.2, 0.25) is 5.02 Å². The van der Waals surface area contributed by atoms with Gasteiger partial charge in [0.05, 0.1) is 16.6 Å². The Kier molecular flexibility index (Phi) is 4.87. The summed E-state index contributed by atoms with van der Waals surface area (Å²) in [5.74, 6) is -0.0177. The van der Waals surface area contributed by atoms with Gasteiger partial charge in [-0.25, -0.2) is 9.50 Å². The summed E-state index contributed by atoms with van der Waals surface area (Å²) >= 11 is 6.06. The molecule has 0 aliphatic heterocycles. The molecule has 3 heterocycles. The average Bonchev–Trinajstić information content (AvgIpc) is 3.19. The Bertz CT molecular complexity index is 1550. The third kappa shape index (κ3) is 3.20. The van der Waals surface area contributed by atoms with E-state index in [1.807, 2.05) is 37.3 Å². The lowest BCUT2D eigenvalue weighted by atomic mass is 10.0. The van der Waals surface area contributed by atoms with Crippen molar-refractivity contribution < 1.29 is 4.79 Å². The number of aromatic nitrogens is 4. The Hall–Kier alpha value is -3.77. The van der Waals surface area contributed by atoms with E-state index in [1.54, 1.807) is 45.7 Å². The maximum Gasteiger partial charge on any atom is 0.266 e. The van der Waals surface area contributed by atoms with Gasteiger partial charge in [-0.05, 0) is 61.4 Å². The zero-order valence-electron chi connectivity index (χ0n) is 17.5. The molecule has 0 bridgehead atoms. The predicted molar refractivity (Wildman–Crippen MR) is 126 cm³/mol. The molecule has 0 radical (unpaired) electrons. The number of pyridine rings is 1. The van der Waals surface area contributed by atoms with Crippen LogP contribution in [-0.2, 0) is 6.42 Å². The minimum absolute atomic E-state index is 0.0177. The Balaban J connectivity index is 1.71. The summed E-state index contributed by atoms with van der Waals surface area (Å²) in [6.07, 6.45) is 4.05. The van der Waals surface area contributed by atoms with Crippen molar-refractivity contribution in [1.82, 2.24) is 19.2 Å². The van der Waals surface area contributed by atoms with Crippen LogP contribution in [0.1, 0.15) is 29.9 Å². The molecule has 6 nitrogen and oxygen atoms in total. The standard InChI is InChI=1S/C25H19ClN4O2/c1-3-21-23(17-4-8-18(26)9-5-17)24-27-14-20-22(30(24)28-21)12-13-29(25(20)32)19-10-6-16(7-11-19)15(2)31/h4-14H,3H2,1-2H3. The number of benzene rings is 2. The average molecular weight is 443 g/mol. The van der Waals surface area contributed by atoms with Crippen molar-refractivity contribution in [2.75, 3.05) is 0 Å². The minimum atomic E-state index is -0.200. The van der Waals surface area contributed by atoms with E-state index in [0.29, 0.717) is 32.8 Å². The van der Waals surface area contributed by atoms with Crippen LogP contribution in [0.3, 0.4) is 0 Å². The van der Waals surface area contributed by atoms with Gasteiger partial charge in [0.1, 0.15) is 0 Å². The van der Waals surface area contributed by atoms with E-state index >= 15 is 0 Å². The van der Waals surface area contributed by atoms with Gasteiger partial charge in [0.25, 0.3) is 5.56 Å². The molecule has 0 saturated heterocycles. The number of halogens is 1. The summed E-state index contributed by atoms with van der Waals surface area (Å²) in [7, 11) is 0. The molecular formula is C25H19ClN4O2. The first-order valence-corrected chi connectivity index (χ1v) is 10.6. The molecule has 0 spiro atoms. The normalized spacial score (nSPS) is 11.3. The number of Topliss-reactive ketones (excluding diaryl/α,β-unsaturated/α-hetero) is 1. The maximum absolute atomic E-state index is 13.3. The first-order chi connectivity index (χ1) is 15.5. The Labute approximate surface area is 188 Å². The Morgan fingerprint density at radius 1 is 1.03 bits per heavy atom. The molecule has 0 unspecified atom stereocenters. The molecule has 5 rings (SSSR count). The lowest BCUT2D eigenvalue weighted by molar-refractivity contribution is 0.101. The van der Waals surface area contributed by atoms with Crippen molar-refractivity contribution in [3.05, 3.63) is 93.6 Å². The van der Waals surface area contributed by atoms with Crippen molar-refractivity contribution in [3.63, 3.8) is 0 Å². The predicted octanol–water partition coefficient (Wildman–Crippen LogP) is 5.12. The molecule has 32 heavy (non-hydrogen) atoms. The molecule has 3 aromatic heterocycles. The van der Waals surface area contributed by atoms with Crippen LogP contribution in [0.15, 0.2) is 71.8 Å². The monoisotopic (exact) mass is 442 g/mol. The zero-order valence-corrected chi connectivity index (χ0v) is 18.3. The van der Waals surface area contributed by atoms with E-state index in [0.717, 1.165) is 23.2 Å². The van der Waals surface area contributed by atoms with Gasteiger partial charge in [-0.3, -0.25) is 14.2 Å². The number of rotatable bonds is 4. The molecule has 5 aromatic rings. The molecule has 0 aliphatic carbocycles. The number of carbonyl (C=O) groups excluding carboxylic acids is 1. The number of ketones is 1. The quantitative estimate of drug-likeness (QED) is 0.362. The highest BCUT2D eigenvalue weighted by atomic mass is 35.5. The van der Waals surface area contributed by atoms with E-state index in [9.17, 15) is 9.59 Å². The summed E-state index contributed by atoms with van der Waals surface area (Å²) < 4.78 is 3.28. The van der Waals surface area contributed by atoms with E-state index in [2.05, 4.69) is 4.98 Å². The van der Waals surface area contributed by atoms with Crippen LogP contribution < -0.4 is 5.56 Å². The Morgan fingerprint density at radius 3 is 2.41 bits per heavy atom. The molecule has 7 heteroatoms. The Morgan fingerprint density at radius 2 is 1.75 bits per heavy atom. The van der Waals surface area contributed by atoms with Gasteiger partial charge in [-0.15, -0.1) is 0 Å². The van der Waals surface area contributed by atoms with Crippen LogP contribution >= 0.6 is 11.6 Å². The van der Waals surface area contributed by atoms with E-state index < -0.39 is 0 Å². The summed E-state index contributed by atoms with van der Waals surface area (Å²) in [6.45, 7) is 3.56. The number of hydrogen-bond donors (Lipinski definition) is 0. The first-order valence-electron chi connectivity index (χ1n) is 10.3. The van der Waals surface area contributed by atoms with E-state index in [-0.39, 0.29) is 11.3 Å². The summed E-state index contributed by atoms with van der Waals surface area (Å²) in [6, 6.07) is 16.4. The lowest BCUT2D eigenvalue weighted by Crippen LogP contribution is -2.19. The second kappa shape index (κ2) is 7.73. The highest BCUT2D eigenvalue weighted by Gasteiger charge is 2.18. The fourth-order valence-electron chi connectivity index (χ4n) is 3.93. The summed E-state index contributed by atoms with van der Waals surface area (Å²) in [5.41, 5.74) is 5.28. The molecule has 0 amide bonds. The van der Waals surface area contributed by atoms with Crippen LogP contribution in [0.25, 0.3) is 33.4 Å². The fraction of sp³-hybridized carbons (Fsp3) is 0.120. The molecule has 0 fully saturated rings. The summed E-state index contributed by atoms with van der Waals surface area (Å²) in [5, 5.41) is 5.90. The van der Waals surface area contributed by atoms with Crippen molar-refractivity contribution in [2.24, 2.45) is 0 Å². The number of fused-ring (bicyclic) bond motifs is 3. The zero-order chi connectivity index (χ0) is 22.4. The second-order valence-electron chi connectivity index (χ2n) is 7.57. The van der Waals surface area contributed by atoms with Gasteiger partial charge in [-0.1, -0.05) is 30.7 Å². The SMILES string of the molecule is CCc1nn2c(ncc3c(=O)n(-c4ccc(C(C)=O)cc4)ccc32)c1-c1ccc(Cl)cc1. The molecule has 2 aromatic carbocycles. The highest BCUT2D eigenvalue weighted by molar-refractivity contribution is 6.30. The second-order valence-corrected chi connectivity index (χ2v) is 8.01. The van der Waals surface area contributed by atoms with Crippen LogP contribution in [0, 0.1) is 0 Å². The third-order valence-corrected chi connectivity index (χ3v) is 5.86. The topological polar surface area (TPSA) is 69.3 Å². The maximum atomic E-state index is 13.3. The minimum Gasteiger partial charge on any atom is -0.295 e. The van der Waals surface area contributed by atoms with Crippen molar-refractivity contribution in [2.45, 2.75) is 20.3 Å². The largest absolute Gasteiger partial charge is 0.295 e. The number of hydrogen-bond acceptors (Lipinski definition) is 4. The summed E-state index contributed by atoms with van der Waals surface area (Å²) in [4.78, 5) is 29.4. The van der Waals surface area contributed by atoms with Crippen LogP contribution in [-0.4, -0.2) is 24.9 Å². The van der Waals surface area contributed by atoms with E-state index in [1.165, 1.54) is 6.92 Å². The molecule has 158 valence electrons. The third-order valence-electron chi connectivity index (χ3n) is 5.60. The van der Waals surface area contributed by atoms with Crippen LogP contribution in [0.4, 0.5) is 0 Å². The number of nitrogens with zero attached hydrogens (tertiary/aromatic N) is 4. The van der Waals surface area contributed by atoms with Gasteiger partial charge in [0.15, 0.2) is 11.4 Å². The molecule has 0 saturated carbocycles. The van der Waals surface area contributed by atoms with E-state index in [4.69, 9.17) is 16.7 Å². The molecule has 0 N–H and O–H groups in total. The smallest absolute Gasteiger partial charge is 0.266 e. The molecule has 0 atom stereocenters. The molecule has 0 aliphatic rings. The van der Waals surface area contributed by atoms with Gasteiger partial charge in [-0.2, -0.15) is 5.10 Å². The lowest BCUT2D eigenvalue weighted by Gasteiger charge is -2.09. The van der Waals surface area contributed by atoms with Crippen molar-refractivity contribution in [3.8, 4) is 16.8 Å². The first kappa shape index (κ1) is 20.2. The number of carbonyl (C=O) groups is 1. The molecular weight excluding hydrogens is 424 g/mol. The highest BCUT2D eigenvalue weighted by Crippen LogP contribution is 2.30. The van der Waals surface area contributed by atoms with Gasteiger partial charge in [0.2, 0.25) is 0 Å². The van der Waals surface area contributed by atoms with Crippen molar-refractivity contribution >= 4 is 33.9 Å². The van der Waals surface area contributed by atoms with Crippen molar-refractivity contribution in [1.29, 1.82) is 0 Å². The van der Waals surface area contributed by atoms with Gasteiger partial charge < -0.3 is 0 Å². The van der Waals surface area contributed by atoms with Gasteiger partial charge >= 0.3 is 0 Å².